The van der Waals surface area contributed by atoms with Crippen LogP contribution >= 0.6 is 15.9 Å². The number of hydrogen-bond acceptors (Lipinski definition) is 4. The summed E-state index contributed by atoms with van der Waals surface area (Å²) in [6.07, 6.45) is 32.2. The topological polar surface area (TPSA) is 77.8 Å². The van der Waals surface area contributed by atoms with Crippen LogP contribution in [0.5, 0.6) is 0 Å². The minimum Gasteiger partial charge on any atom is -0.390 e. The maximum Gasteiger partial charge on any atom is 1.00 e. The molecule has 0 aromatic heterocycles. The third-order valence-corrected chi connectivity index (χ3v) is 24.1. The number of unbranched alkanes of at least 4 members (excludes halogenated alkanes) is 1. The van der Waals surface area contributed by atoms with Gasteiger partial charge in [0.2, 0.25) is 0 Å². The average Bonchev–Trinajstić information content (AvgIpc) is 4.12. The van der Waals surface area contributed by atoms with Crippen molar-refractivity contribution in [2.75, 3.05) is 0 Å². The number of carbonyl (C=O) groups excluding carboxylic acids is 1. The van der Waals surface area contributed by atoms with E-state index in [9.17, 15) is 28.9 Å². The van der Waals surface area contributed by atoms with Gasteiger partial charge in [-0.3, -0.25) is 0 Å². The molecule has 8 aliphatic rings. The molecular weight excluding hydrogens is 1030 g/mol. The Morgan fingerprint density at radius 2 is 1.08 bits per heavy atom. The summed E-state index contributed by atoms with van der Waals surface area (Å²) in [5.41, 5.74) is 4.11. The fraction of sp³-hybridized carbons (Fsp3) is 0.743. The van der Waals surface area contributed by atoms with Crippen LogP contribution in [0, 0.1) is 99.4 Å². The van der Waals surface area contributed by atoms with E-state index >= 15 is 0 Å². The Morgan fingerprint density at radius 3 is 1.47 bits per heavy atom. The number of fused-ring (bicyclic) bond motifs is 10. The van der Waals surface area contributed by atoms with Crippen LogP contribution in [-0.2, 0) is 4.79 Å². The standard InChI is InChI=1S/C32H47FO2.C26H42O2.C6H4BrF.C4H9.2CH4.Li/c1-5-32(35)19-18-30(3)22(20-32)11-12-23-26-14-13-25(31(26,4)17-16-27(23)30)21(2)10-15-29(34)24-8-6-7-9-28(24)33;1-5-26(28)15-14-24(3)19(17-26)8-9-20-22-11-10-21(18(2)7-6-16-27)25(22,4)13-12-23(20)24;7-5-3-1-2-4-6(5)8;1-3-4-2;;;/h6-9,11,21,23,25-27,29,34-35H,5,10,12-20H2,1-4H3;8,16,18,20-23,28H,5-7,9-15,17H2,1-4H3;1-4H;1,3-4H2,2H3;2*1H4;/q;;;-1;;;+1/t21-,23+,25-,26+,27+,29?,30+,31-,32+;18-,20+,21-,22+,23+,24+,25-,26+;;;;;/m11...../s1. The van der Waals surface area contributed by atoms with Gasteiger partial charge in [-0.05, 0) is 250 Å². The van der Waals surface area contributed by atoms with Crippen molar-refractivity contribution < 1.29 is 47.8 Å². The fourth-order valence-electron chi connectivity index (χ4n) is 18.5. The summed E-state index contributed by atoms with van der Waals surface area (Å²) in [6.45, 7) is 25.0. The summed E-state index contributed by atoms with van der Waals surface area (Å²) >= 11 is 3.02. The van der Waals surface area contributed by atoms with E-state index in [0.29, 0.717) is 50.5 Å². The summed E-state index contributed by atoms with van der Waals surface area (Å²) in [5, 5.41) is 32.6. The average molecular weight is 1140 g/mol. The van der Waals surface area contributed by atoms with Crippen molar-refractivity contribution in [2.24, 2.45) is 80.8 Å². The van der Waals surface area contributed by atoms with Gasteiger partial charge in [-0.25, -0.2) is 8.78 Å². The van der Waals surface area contributed by atoms with Gasteiger partial charge in [0, 0.05) is 12.0 Å². The van der Waals surface area contributed by atoms with Gasteiger partial charge in [0.15, 0.2) is 0 Å². The van der Waals surface area contributed by atoms with Crippen LogP contribution < -0.4 is 18.9 Å². The first-order chi connectivity index (χ1) is 35.6. The Hall–Kier alpha value is -1.59. The molecule has 17 atom stereocenters. The number of halogens is 3. The largest absolute Gasteiger partial charge is 1.00 e. The van der Waals surface area contributed by atoms with E-state index in [-0.39, 0.29) is 50.8 Å². The van der Waals surface area contributed by atoms with Crippen molar-refractivity contribution in [3.8, 4) is 0 Å². The molecule has 0 amide bonds. The first-order valence-corrected chi connectivity index (χ1v) is 31.3. The molecule has 2 aromatic carbocycles. The molecule has 8 heteroatoms. The zero-order valence-corrected chi connectivity index (χ0v) is 50.8. The number of aldehydes is 1. The van der Waals surface area contributed by atoms with Gasteiger partial charge in [-0.1, -0.05) is 137 Å². The Bertz CT molecular complexity index is 2250. The van der Waals surface area contributed by atoms with E-state index in [0.717, 1.165) is 118 Å². The van der Waals surface area contributed by atoms with Gasteiger partial charge in [-0.15, -0.1) is 0 Å². The van der Waals surface area contributed by atoms with Gasteiger partial charge in [0.1, 0.15) is 17.9 Å². The van der Waals surface area contributed by atoms with Crippen LogP contribution in [0.15, 0.2) is 76.3 Å². The van der Waals surface area contributed by atoms with Gasteiger partial charge < -0.3 is 27.0 Å². The molecule has 6 saturated carbocycles. The third kappa shape index (κ3) is 14.1. The van der Waals surface area contributed by atoms with E-state index < -0.39 is 17.3 Å². The van der Waals surface area contributed by atoms with Gasteiger partial charge in [0.25, 0.3) is 0 Å². The molecule has 0 bridgehead atoms. The molecule has 0 radical (unpaired) electrons. The molecule has 1 unspecified atom stereocenters. The van der Waals surface area contributed by atoms with E-state index in [1.54, 1.807) is 41.5 Å². The number of benzene rings is 2. The second-order valence-corrected chi connectivity index (χ2v) is 27.9. The molecule has 0 spiro atoms. The van der Waals surface area contributed by atoms with E-state index in [4.69, 9.17) is 0 Å². The molecule has 78 heavy (non-hydrogen) atoms. The number of aliphatic hydroxyl groups excluding tert-OH is 1. The Balaban J connectivity index is 0.000000272. The molecule has 6 fully saturated rings. The predicted octanol–water partition coefficient (Wildman–Crippen LogP) is 16.8. The van der Waals surface area contributed by atoms with Crippen LogP contribution in [0.25, 0.3) is 0 Å². The van der Waals surface area contributed by atoms with Crippen LogP contribution in [0.3, 0.4) is 0 Å². The zero-order chi connectivity index (χ0) is 54.6. The Morgan fingerprint density at radius 1 is 0.641 bits per heavy atom. The number of rotatable bonds is 12. The van der Waals surface area contributed by atoms with Crippen LogP contribution in [0.2, 0.25) is 0 Å². The van der Waals surface area contributed by atoms with Crippen molar-refractivity contribution >= 4 is 22.2 Å². The van der Waals surface area contributed by atoms with Gasteiger partial charge in [0.05, 0.1) is 21.8 Å². The van der Waals surface area contributed by atoms with Crippen molar-refractivity contribution in [1.82, 2.24) is 0 Å². The van der Waals surface area contributed by atoms with Crippen LogP contribution in [0.4, 0.5) is 8.78 Å². The molecule has 436 valence electrons. The molecule has 0 saturated heterocycles. The number of hydrogen-bond donors (Lipinski definition) is 3. The minimum atomic E-state index is -0.714. The summed E-state index contributed by atoms with van der Waals surface area (Å²) in [7, 11) is 0. The maximum absolute atomic E-state index is 14.1. The Kier molecular flexibility index (Phi) is 25.4. The number of carbonyl (C=O) groups is 1. The smallest absolute Gasteiger partial charge is 0.390 e. The van der Waals surface area contributed by atoms with Crippen molar-refractivity contribution in [3.05, 3.63) is 100 Å². The number of aliphatic hydroxyl groups is 3. The molecule has 2 aromatic rings. The second-order valence-electron chi connectivity index (χ2n) is 27.1. The van der Waals surface area contributed by atoms with Crippen LogP contribution in [-0.4, -0.2) is 32.8 Å². The van der Waals surface area contributed by atoms with Crippen molar-refractivity contribution in [2.45, 2.75) is 249 Å². The molecular formula is C70H110BrF2LiO4. The molecule has 10 rings (SSSR count). The molecule has 4 nitrogen and oxygen atoms in total. The van der Waals surface area contributed by atoms with E-state index in [1.807, 2.05) is 6.07 Å². The van der Waals surface area contributed by atoms with E-state index in [2.05, 4.69) is 97.3 Å². The molecule has 0 heterocycles. The van der Waals surface area contributed by atoms with Crippen molar-refractivity contribution in [3.63, 3.8) is 0 Å². The predicted molar refractivity (Wildman–Crippen MR) is 323 cm³/mol. The molecule has 3 N–H and O–H groups in total. The molecule has 0 aliphatic heterocycles. The third-order valence-electron chi connectivity index (χ3n) is 23.4. The fourth-order valence-corrected chi connectivity index (χ4v) is 18.8. The quantitative estimate of drug-likeness (QED) is 0.0857. The monoisotopic (exact) mass is 1140 g/mol. The summed E-state index contributed by atoms with van der Waals surface area (Å²) in [4.78, 5) is 10.9. The van der Waals surface area contributed by atoms with Crippen molar-refractivity contribution in [1.29, 1.82) is 0 Å². The zero-order valence-electron chi connectivity index (χ0n) is 49.3. The SMILES string of the molecule is C.C.CC[C@]1(O)CC[C@@]2(C)C(=CC[C@H]3[C@@H]4CC[C@H]([C@H](C)CCC(O)c5ccccc5F)[C@@]4(C)CC[C@@H]32)C1.CC[C@]1(O)CC[C@@]2(C)C(=CC[C@H]3[C@@H]4CC[C@H]([C@H](C)CCC=O)[C@@]4(C)CC[C@@H]32)C1.Fc1ccccc1Br.[CH2-]CCC.[Li+]. The summed E-state index contributed by atoms with van der Waals surface area (Å²) in [5.74, 6) is 7.03. The first-order valence-electron chi connectivity index (χ1n) is 30.5. The van der Waals surface area contributed by atoms with E-state index in [1.165, 1.54) is 89.2 Å². The second kappa shape index (κ2) is 28.8. The maximum atomic E-state index is 14.1. The summed E-state index contributed by atoms with van der Waals surface area (Å²) in [6, 6.07) is 13.2. The number of allylic oxidation sites excluding steroid dienone is 2. The normalized spacial score (nSPS) is 37.9. The summed E-state index contributed by atoms with van der Waals surface area (Å²) < 4.78 is 26.9. The van der Waals surface area contributed by atoms with Gasteiger partial charge >= 0.3 is 18.9 Å². The molecule has 8 aliphatic carbocycles. The van der Waals surface area contributed by atoms with Crippen LogP contribution in [0.1, 0.15) is 243 Å². The van der Waals surface area contributed by atoms with Gasteiger partial charge in [-0.2, -0.15) is 6.42 Å². The first kappa shape index (κ1) is 68.9. The minimum absolute atomic E-state index is 0. The Labute approximate surface area is 496 Å².